The summed E-state index contributed by atoms with van der Waals surface area (Å²) >= 11 is 5.97. The van der Waals surface area contributed by atoms with Gasteiger partial charge in [-0.15, -0.1) is 0 Å². The molecule has 1 N–H and O–H groups in total. The second kappa shape index (κ2) is 5.56. The Bertz CT molecular complexity index is 573. The minimum atomic E-state index is -0.225. The standard InChI is InChI=1S/C14H12ClNO2/c1-10-12(15)5-2-6-13(10)16-14(17)8-7-11-4-3-9-18-11/h2-9H,1H3,(H,16,17)/b8-7+. The molecule has 0 fully saturated rings. The first-order valence-electron chi connectivity index (χ1n) is 5.44. The van der Waals surface area contributed by atoms with Crippen LogP contribution in [0.4, 0.5) is 5.69 Å². The number of carbonyl (C=O) groups is 1. The highest BCUT2D eigenvalue weighted by Crippen LogP contribution is 2.22. The van der Waals surface area contributed by atoms with Gasteiger partial charge in [0.25, 0.3) is 0 Å². The smallest absolute Gasteiger partial charge is 0.248 e. The molecule has 3 nitrogen and oxygen atoms in total. The number of benzene rings is 1. The number of hydrogen-bond acceptors (Lipinski definition) is 2. The fourth-order valence-corrected chi connectivity index (χ4v) is 1.64. The van der Waals surface area contributed by atoms with Gasteiger partial charge in [-0.25, -0.2) is 0 Å². The molecule has 18 heavy (non-hydrogen) atoms. The molecule has 4 heteroatoms. The number of anilines is 1. The molecule has 1 amide bonds. The molecule has 0 atom stereocenters. The molecular formula is C14H12ClNO2. The van der Waals surface area contributed by atoms with E-state index in [2.05, 4.69) is 5.32 Å². The Morgan fingerprint density at radius 1 is 1.33 bits per heavy atom. The van der Waals surface area contributed by atoms with E-state index in [1.807, 2.05) is 6.92 Å². The zero-order valence-electron chi connectivity index (χ0n) is 9.81. The summed E-state index contributed by atoms with van der Waals surface area (Å²) in [5.74, 6) is 0.407. The van der Waals surface area contributed by atoms with Crippen LogP contribution in [0.15, 0.2) is 47.1 Å². The van der Waals surface area contributed by atoms with Crippen molar-refractivity contribution in [2.24, 2.45) is 0 Å². The highest BCUT2D eigenvalue weighted by Gasteiger charge is 2.04. The maximum atomic E-state index is 11.7. The average Bonchev–Trinajstić information content (AvgIpc) is 2.86. The van der Waals surface area contributed by atoms with Crippen LogP contribution in [-0.2, 0) is 4.79 Å². The number of nitrogens with one attached hydrogen (secondary N) is 1. The van der Waals surface area contributed by atoms with Crippen LogP contribution >= 0.6 is 11.6 Å². The first-order chi connectivity index (χ1) is 8.66. The normalized spacial score (nSPS) is 10.8. The fourth-order valence-electron chi connectivity index (χ4n) is 1.46. The van der Waals surface area contributed by atoms with Gasteiger partial charge in [-0.1, -0.05) is 17.7 Å². The quantitative estimate of drug-likeness (QED) is 0.852. The number of carbonyl (C=O) groups excluding carboxylic acids is 1. The molecule has 0 aliphatic carbocycles. The van der Waals surface area contributed by atoms with E-state index in [1.165, 1.54) is 6.08 Å². The Labute approximate surface area is 110 Å². The van der Waals surface area contributed by atoms with E-state index in [9.17, 15) is 4.79 Å². The molecule has 0 aliphatic heterocycles. The monoisotopic (exact) mass is 261 g/mol. The molecule has 0 bridgehead atoms. The Balaban J connectivity index is 2.05. The lowest BCUT2D eigenvalue weighted by Crippen LogP contribution is -2.08. The predicted octanol–water partition coefficient (Wildman–Crippen LogP) is 3.89. The lowest BCUT2D eigenvalue weighted by atomic mass is 10.2. The maximum Gasteiger partial charge on any atom is 0.248 e. The third kappa shape index (κ3) is 3.02. The Kier molecular flexibility index (Phi) is 3.85. The predicted molar refractivity (Wildman–Crippen MR) is 72.6 cm³/mol. The van der Waals surface area contributed by atoms with Gasteiger partial charge in [-0.2, -0.15) is 0 Å². The van der Waals surface area contributed by atoms with E-state index >= 15 is 0 Å². The van der Waals surface area contributed by atoms with Gasteiger partial charge in [0.2, 0.25) is 5.91 Å². The molecule has 1 heterocycles. The van der Waals surface area contributed by atoms with Gasteiger partial charge < -0.3 is 9.73 Å². The van der Waals surface area contributed by atoms with E-state index < -0.39 is 0 Å². The second-order valence-corrected chi connectivity index (χ2v) is 4.16. The molecule has 0 unspecified atom stereocenters. The number of rotatable bonds is 3. The molecule has 2 aromatic rings. The van der Waals surface area contributed by atoms with Gasteiger partial charge in [-0.05, 0) is 42.8 Å². The van der Waals surface area contributed by atoms with Gasteiger partial charge in [0, 0.05) is 16.8 Å². The fraction of sp³-hybridized carbons (Fsp3) is 0.0714. The van der Waals surface area contributed by atoms with Crippen molar-refractivity contribution in [3.8, 4) is 0 Å². The van der Waals surface area contributed by atoms with Gasteiger partial charge >= 0.3 is 0 Å². The van der Waals surface area contributed by atoms with E-state index in [0.29, 0.717) is 16.5 Å². The van der Waals surface area contributed by atoms with Gasteiger partial charge in [0.05, 0.1) is 6.26 Å². The van der Waals surface area contributed by atoms with Gasteiger partial charge in [0.1, 0.15) is 5.76 Å². The topological polar surface area (TPSA) is 42.2 Å². The molecule has 0 spiro atoms. The summed E-state index contributed by atoms with van der Waals surface area (Å²) < 4.78 is 5.09. The van der Waals surface area contributed by atoms with Crippen LogP contribution in [0.2, 0.25) is 5.02 Å². The third-order valence-electron chi connectivity index (χ3n) is 2.47. The molecule has 2 rings (SSSR count). The molecule has 0 saturated heterocycles. The van der Waals surface area contributed by atoms with Crippen LogP contribution in [0.25, 0.3) is 6.08 Å². The molecule has 0 aliphatic rings. The van der Waals surface area contributed by atoms with Crippen molar-refractivity contribution >= 4 is 29.3 Å². The van der Waals surface area contributed by atoms with Crippen LogP contribution in [0.3, 0.4) is 0 Å². The van der Waals surface area contributed by atoms with Crippen LogP contribution < -0.4 is 5.32 Å². The van der Waals surface area contributed by atoms with Gasteiger partial charge in [-0.3, -0.25) is 4.79 Å². The molecule has 0 radical (unpaired) electrons. The van der Waals surface area contributed by atoms with Crippen LogP contribution in [0, 0.1) is 6.92 Å². The SMILES string of the molecule is Cc1c(Cl)cccc1NC(=O)/C=C/c1ccco1. The first-order valence-corrected chi connectivity index (χ1v) is 5.82. The van der Waals surface area contributed by atoms with Crippen LogP contribution in [0.1, 0.15) is 11.3 Å². The Morgan fingerprint density at radius 2 is 2.17 bits per heavy atom. The van der Waals surface area contributed by atoms with E-state index in [1.54, 1.807) is 42.7 Å². The van der Waals surface area contributed by atoms with Crippen molar-refractivity contribution in [2.45, 2.75) is 6.92 Å². The van der Waals surface area contributed by atoms with Crippen molar-refractivity contribution in [3.63, 3.8) is 0 Å². The molecule has 1 aromatic carbocycles. The van der Waals surface area contributed by atoms with E-state index in [-0.39, 0.29) is 5.91 Å². The average molecular weight is 262 g/mol. The zero-order chi connectivity index (χ0) is 13.0. The summed E-state index contributed by atoms with van der Waals surface area (Å²) in [5.41, 5.74) is 1.55. The highest BCUT2D eigenvalue weighted by atomic mass is 35.5. The van der Waals surface area contributed by atoms with E-state index in [0.717, 1.165) is 5.56 Å². The summed E-state index contributed by atoms with van der Waals surface area (Å²) in [7, 11) is 0. The second-order valence-electron chi connectivity index (χ2n) is 3.75. The third-order valence-corrected chi connectivity index (χ3v) is 2.88. The Morgan fingerprint density at radius 3 is 2.89 bits per heavy atom. The molecule has 1 aromatic heterocycles. The lowest BCUT2D eigenvalue weighted by molar-refractivity contribution is -0.111. The minimum Gasteiger partial charge on any atom is -0.465 e. The Hall–Kier alpha value is -2.00. The highest BCUT2D eigenvalue weighted by molar-refractivity contribution is 6.31. The summed E-state index contributed by atoms with van der Waals surface area (Å²) in [6.45, 7) is 1.86. The van der Waals surface area contributed by atoms with E-state index in [4.69, 9.17) is 16.0 Å². The molecule has 0 saturated carbocycles. The summed E-state index contributed by atoms with van der Waals surface area (Å²) in [6, 6.07) is 8.92. The number of amides is 1. The van der Waals surface area contributed by atoms with Gasteiger partial charge in [0.15, 0.2) is 0 Å². The van der Waals surface area contributed by atoms with Crippen LogP contribution in [0.5, 0.6) is 0 Å². The number of halogens is 1. The van der Waals surface area contributed by atoms with Crippen LogP contribution in [-0.4, -0.2) is 5.91 Å². The van der Waals surface area contributed by atoms with Crippen molar-refractivity contribution in [3.05, 3.63) is 59.0 Å². The van der Waals surface area contributed by atoms with Crippen molar-refractivity contribution < 1.29 is 9.21 Å². The minimum absolute atomic E-state index is 0.225. The number of hydrogen-bond donors (Lipinski definition) is 1. The van der Waals surface area contributed by atoms with Crippen molar-refractivity contribution in [2.75, 3.05) is 5.32 Å². The zero-order valence-corrected chi connectivity index (χ0v) is 10.6. The maximum absolute atomic E-state index is 11.7. The van der Waals surface area contributed by atoms with Crippen molar-refractivity contribution in [1.82, 2.24) is 0 Å². The van der Waals surface area contributed by atoms with Crippen molar-refractivity contribution in [1.29, 1.82) is 0 Å². The molecule has 92 valence electrons. The lowest BCUT2D eigenvalue weighted by Gasteiger charge is -2.07. The largest absolute Gasteiger partial charge is 0.465 e. The summed E-state index contributed by atoms with van der Waals surface area (Å²) in [6.07, 6.45) is 4.58. The summed E-state index contributed by atoms with van der Waals surface area (Å²) in [4.78, 5) is 11.7. The number of furan rings is 1. The summed E-state index contributed by atoms with van der Waals surface area (Å²) in [5, 5.41) is 3.39. The molecular weight excluding hydrogens is 250 g/mol. The first kappa shape index (κ1) is 12.5.